The molecule has 1 aliphatic heterocycles. The van der Waals surface area contributed by atoms with Crippen LogP contribution in [0.3, 0.4) is 0 Å². The van der Waals surface area contributed by atoms with E-state index >= 15 is 0 Å². The molecule has 0 radical (unpaired) electrons. The third-order valence-corrected chi connectivity index (χ3v) is 4.51. The van der Waals surface area contributed by atoms with Gasteiger partial charge >= 0.3 is 0 Å². The van der Waals surface area contributed by atoms with Crippen LogP contribution < -0.4 is 5.32 Å². The Labute approximate surface area is 125 Å². The van der Waals surface area contributed by atoms with Gasteiger partial charge in [0, 0.05) is 29.1 Å². The lowest BCUT2D eigenvalue weighted by Crippen LogP contribution is -2.39. The van der Waals surface area contributed by atoms with Gasteiger partial charge in [0.25, 0.3) is 0 Å². The Kier molecular flexibility index (Phi) is 4.70. The molecule has 0 aromatic heterocycles. The lowest BCUT2D eigenvalue weighted by atomic mass is 9.93. The molecule has 1 heterocycles. The van der Waals surface area contributed by atoms with Crippen LogP contribution in [0.5, 0.6) is 0 Å². The Bertz CT molecular complexity index is 439. The van der Waals surface area contributed by atoms with Crippen molar-refractivity contribution in [1.82, 2.24) is 5.32 Å². The predicted octanol–water partition coefficient (Wildman–Crippen LogP) is 4.22. The number of benzene rings is 1. The molecule has 106 valence electrons. The number of aryl methyl sites for hydroxylation is 1. The van der Waals surface area contributed by atoms with Crippen molar-refractivity contribution in [3.05, 3.63) is 33.8 Å². The molecule has 0 amide bonds. The van der Waals surface area contributed by atoms with E-state index < -0.39 is 0 Å². The van der Waals surface area contributed by atoms with Crippen molar-refractivity contribution in [1.29, 1.82) is 0 Å². The standard InChI is InChI=1S/C16H24BrNO/c1-11-9-12(5-6-14(11)17)15-13(7-8-19-15)10-18-16(2,3)4/h5-6,9,13,15,18H,7-8,10H2,1-4H3. The fourth-order valence-corrected chi connectivity index (χ4v) is 2.74. The fraction of sp³-hybridized carbons (Fsp3) is 0.625. The van der Waals surface area contributed by atoms with E-state index in [0.29, 0.717) is 5.92 Å². The molecule has 1 aromatic carbocycles. The predicted molar refractivity (Wildman–Crippen MR) is 83.4 cm³/mol. The smallest absolute Gasteiger partial charge is 0.0866 e. The zero-order valence-corrected chi connectivity index (χ0v) is 13.9. The van der Waals surface area contributed by atoms with Gasteiger partial charge in [-0.15, -0.1) is 0 Å². The van der Waals surface area contributed by atoms with Gasteiger partial charge in [-0.25, -0.2) is 0 Å². The lowest BCUT2D eigenvalue weighted by molar-refractivity contribution is 0.0889. The van der Waals surface area contributed by atoms with E-state index in [2.05, 4.69) is 67.1 Å². The van der Waals surface area contributed by atoms with Crippen molar-refractivity contribution >= 4 is 15.9 Å². The summed E-state index contributed by atoms with van der Waals surface area (Å²) < 4.78 is 7.12. The van der Waals surface area contributed by atoms with E-state index in [-0.39, 0.29) is 11.6 Å². The molecule has 1 saturated heterocycles. The third-order valence-electron chi connectivity index (χ3n) is 3.62. The van der Waals surface area contributed by atoms with Crippen molar-refractivity contribution in [2.45, 2.75) is 45.8 Å². The van der Waals surface area contributed by atoms with Gasteiger partial charge in [0.15, 0.2) is 0 Å². The molecule has 1 aliphatic rings. The first-order valence-electron chi connectivity index (χ1n) is 6.99. The van der Waals surface area contributed by atoms with Crippen molar-refractivity contribution in [3.63, 3.8) is 0 Å². The quantitative estimate of drug-likeness (QED) is 0.898. The van der Waals surface area contributed by atoms with Gasteiger partial charge in [-0.05, 0) is 51.3 Å². The molecule has 19 heavy (non-hydrogen) atoms. The number of ether oxygens (including phenoxy) is 1. The molecule has 1 aromatic rings. The topological polar surface area (TPSA) is 21.3 Å². The maximum Gasteiger partial charge on any atom is 0.0866 e. The summed E-state index contributed by atoms with van der Waals surface area (Å²) in [6.45, 7) is 10.6. The van der Waals surface area contributed by atoms with E-state index in [9.17, 15) is 0 Å². The second-order valence-electron chi connectivity index (χ2n) is 6.48. The van der Waals surface area contributed by atoms with Crippen LogP contribution in [-0.4, -0.2) is 18.7 Å². The zero-order chi connectivity index (χ0) is 14.0. The molecule has 2 atom stereocenters. The summed E-state index contributed by atoms with van der Waals surface area (Å²) >= 11 is 3.56. The van der Waals surface area contributed by atoms with Gasteiger partial charge in [-0.2, -0.15) is 0 Å². The Balaban J connectivity index is 2.07. The highest BCUT2D eigenvalue weighted by Gasteiger charge is 2.30. The highest BCUT2D eigenvalue weighted by molar-refractivity contribution is 9.10. The molecular formula is C16H24BrNO. The number of hydrogen-bond acceptors (Lipinski definition) is 2. The van der Waals surface area contributed by atoms with Gasteiger partial charge in [0.05, 0.1) is 6.10 Å². The van der Waals surface area contributed by atoms with Crippen LogP contribution in [0.1, 0.15) is 44.4 Å². The molecule has 2 unspecified atom stereocenters. The Morgan fingerprint density at radius 3 is 2.74 bits per heavy atom. The first kappa shape index (κ1) is 15.0. The largest absolute Gasteiger partial charge is 0.373 e. The molecule has 0 spiro atoms. The van der Waals surface area contributed by atoms with E-state index in [1.54, 1.807) is 0 Å². The van der Waals surface area contributed by atoms with Crippen molar-refractivity contribution in [2.24, 2.45) is 5.92 Å². The summed E-state index contributed by atoms with van der Waals surface area (Å²) in [5, 5.41) is 3.60. The van der Waals surface area contributed by atoms with Gasteiger partial charge in [-0.3, -0.25) is 0 Å². The minimum atomic E-state index is 0.169. The van der Waals surface area contributed by atoms with Gasteiger partial charge in [0.2, 0.25) is 0 Å². The third kappa shape index (κ3) is 4.04. The summed E-state index contributed by atoms with van der Waals surface area (Å²) in [5.41, 5.74) is 2.75. The van der Waals surface area contributed by atoms with Crippen LogP contribution in [0, 0.1) is 12.8 Å². The molecule has 3 heteroatoms. The number of hydrogen-bond donors (Lipinski definition) is 1. The monoisotopic (exact) mass is 325 g/mol. The van der Waals surface area contributed by atoms with E-state index in [1.165, 1.54) is 15.6 Å². The van der Waals surface area contributed by atoms with Crippen LogP contribution in [0.4, 0.5) is 0 Å². The Morgan fingerprint density at radius 1 is 1.37 bits per heavy atom. The first-order chi connectivity index (χ1) is 8.87. The summed E-state index contributed by atoms with van der Waals surface area (Å²) in [4.78, 5) is 0. The van der Waals surface area contributed by atoms with Gasteiger partial charge in [-0.1, -0.05) is 28.1 Å². The van der Waals surface area contributed by atoms with Crippen molar-refractivity contribution < 1.29 is 4.74 Å². The fourth-order valence-electron chi connectivity index (χ4n) is 2.49. The Hall–Kier alpha value is -0.380. The lowest BCUT2D eigenvalue weighted by Gasteiger charge is -2.26. The molecule has 2 nitrogen and oxygen atoms in total. The highest BCUT2D eigenvalue weighted by atomic mass is 79.9. The SMILES string of the molecule is Cc1cc(C2OCCC2CNC(C)(C)C)ccc1Br. The second-order valence-corrected chi connectivity index (χ2v) is 7.33. The average Bonchev–Trinajstić information content (AvgIpc) is 2.77. The van der Waals surface area contributed by atoms with E-state index in [1.807, 2.05) is 0 Å². The van der Waals surface area contributed by atoms with Crippen LogP contribution >= 0.6 is 15.9 Å². The normalized spacial score (nSPS) is 23.8. The van der Waals surface area contributed by atoms with Crippen LogP contribution in [0.15, 0.2) is 22.7 Å². The van der Waals surface area contributed by atoms with Crippen LogP contribution in [0.2, 0.25) is 0 Å². The number of rotatable bonds is 3. The van der Waals surface area contributed by atoms with E-state index in [0.717, 1.165) is 19.6 Å². The van der Waals surface area contributed by atoms with Crippen molar-refractivity contribution in [2.75, 3.05) is 13.2 Å². The molecule has 0 aliphatic carbocycles. The maximum absolute atomic E-state index is 5.96. The summed E-state index contributed by atoms with van der Waals surface area (Å²) in [5.74, 6) is 0.569. The molecule has 1 N–H and O–H groups in total. The van der Waals surface area contributed by atoms with Crippen molar-refractivity contribution in [3.8, 4) is 0 Å². The molecule has 2 rings (SSSR count). The summed E-state index contributed by atoms with van der Waals surface area (Å²) in [6, 6.07) is 6.54. The first-order valence-corrected chi connectivity index (χ1v) is 7.79. The highest BCUT2D eigenvalue weighted by Crippen LogP contribution is 2.35. The average molecular weight is 326 g/mol. The Morgan fingerprint density at radius 2 is 2.11 bits per heavy atom. The van der Waals surface area contributed by atoms with E-state index in [4.69, 9.17) is 4.74 Å². The minimum absolute atomic E-state index is 0.169. The second kappa shape index (κ2) is 5.94. The van der Waals surface area contributed by atoms with Crippen LogP contribution in [0.25, 0.3) is 0 Å². The molecule has 1 fully saturated rings. The number of nitrogens with one attached hydrogen (secondary N) is 1. The minimum Gasteiger partial charge on any atom is -0.373 e. The van der Waals surface area contributed by atoms with Crippen LogP contribution in [-0.2, 0) is 4.74 Å². The van der Waals surface area contributed by atoms with Gasteiger partial charge in [0.1, 0.15) is 0 Å². The summed E-state index contributed by atoms with van der Waals surface area (Å²) in [6.07, 6.45) is 1.38. The molecule has 0 bridgehead atoms. The maximum atomic E-state index is 5.96. The number of halogens is 1. The molecule has 0 saturated carbocycles. The molecular weight excluding hydrogens is 302 g/mol. The zero-order valence-electron chi connectivity index (χ0n) is 12.3. The van der Waals surface area contributed by atoms with Gasteiger partial charge < -0.3 is 10.1 Å². The summed E-state index contributed by atoms with van der Waals surface area (Å²) in [7, 11) is 0.